The molecule has 8 nitrogen and oxygen atoms in total. The second-order valence-corrected chi connectivity index (χ2v) is 6.11. The minimum Gasteiger partial charge on any atom is -0.330 e. The lowest BCUT2D eigenvalue weighted by Crippen LogP contribution is -2.34. The maximum atomic E-state index is 12.7. The lowest BCUT2D eigenvalue weighted by molar-refractivity contribution is 0.0740. The fraction of sp³-hybridized carbons (Fsp3) is 0.235. The zero-order chi connectivity index (χ0) is 18.8. The molecule has 2 aromatic heterocycles. The van der Waals surface area contributed by atoms with Gasteiger partial charge in [-0.15, -0.1) is 0 Å². The molecule has 1 N–H and O–H groups in total. The summed E-state index contributed by atoms with van der Waals surface area (Å²) in [5.74, 6) is -0.0262. The van der Waals surface area contributed by atoms with Crippen LogP contribution in [0.25, 0.3) is 10.9 Å². The van der Waals surface area contributed by atoms with Crippen molar-refractivity contribution in [2.45, 2.75) is 13.5 Å². The van der Waals surface area contributed by atoms with Gasteiger partial charge in [-0.05, 0) is 31.2 Å². The number of H-pyrrole nitrogens is 1. The lowest BCUT2D eigenvalue weighted by atomic mass is 10.2. The van der Waals surface area contributed by atoms with Gasteiger partial charge < -0.3 is 9.88 Å². The molecule has 1 amide bonds. The molecule has 0 fully saturated rings. The van der Waals surface area contributed by atoms with Gasteiger partial charge in [0.05, 0.1) is 17.4 Å². The third kappa shape index (κ3) is 3.50. The van der Waals surface area contributed by atoms with E-state index in [-0.39, 0.29) is 29.3 Å². The Bertz CT molecular complexity index is 1110. The van der Waals surface area contributed by atoms with Crippen LogP contribution in [-0.2, 0) is 13.6 Å². The summed E-state index contributed by atoms with van der Waals surface area (Å²) in [6.07, 6.45) is 0. The van der Waals surface area contributed by atoms with Crippen LogP contribution in [0.3, 0.4) is 0 Å². The molecular weight excluding hydrogens is 358 g/mol. The van der Waals surface area contributed by atoms with E-state index in [0.29, 0.717) is 28.3 Å². The molecule has 0 saturated carbocycles. The number of carbonyl (C=O) groups is 1. The first-order valence-corrected chi connectivity index (χ1v) is 8.29. The summed E-state index contributed by atoms with van der Waals surface area (Å²) in [5, 5.41) is 4.86. The first kappa shape index (κ1) is 17.8. The molecule has 0 unspecified atom stereocenters. The Morgan fingerprint density at radius 2 is 2.04 bits per heavy atom. The summed E-state index contributed by atoms with van der Waals surface area (Å²) in [6, 6.07) is 7.48. The molecule has 2 heterocycles. The Morgan fingerprint density at radius 3 is 2.73 bits per heavy atom. The molecule has 3 rings (SSSR count). The molecule has 1 aromatic carbocycles. The number of halogens is 1. The fourth-order valence-electron chi connectivity index (χ4n) is 2.52. The number of amides is 1. The molecule has 0 bridgehead atoms. The van der Waals surface area contributed by atoms with E-state index in [4.69, 9.17) is 11.6 Å². The van der Waals surface area contributed by atoms with Crippen molar-refractivity contribution in [1.82, 2.24) is 24.6 Å². The number of carbonyl (C=O) groups excluding carboxylic acids is 1. The third-order valence-corrected chi connectivity index (χ3v) is 4.14. The topological polar surface area (TPSA) is 101 Å². The number of aryl methyl sites for hydroxylation is 1. The maximum absolute atomic E-state index is 12.7. The van der Waals surface area contributed by atoms with Crippen molar-refractivity contribution in [2.24, 2.45) is 7.05 Å². The summed E-state index contributed by atoms with van der Waals surface area (Å²) in [5.41, 5.74) is -0.00693. The number of nitrogens with one attached hydrogen (secondary N) is 1. The molecule has 0 radical (unpaired) electrons. The summed E-state index contributed by atoms with van der Waals surface area (Å²) in [6.45, 7) is 2.27. The summed E-state index contributed by atoms with van der Waals surface area (Å²) in [4.78, 5) is 44.8. The number of benzene rings is 1. The molecule has 0 aliphatic heterocycles. The van der Waals surface area contributed by atoms with Crippen LogP contribution >= 0.6 is 11.6 Å². The van der Waals surface area contributed by atoms with Gasteiger partial charge in [0.1, 0.15) is 11.5 Å². The van der Waals surface area contributed by atoms with Crippen LogP contribution < -0.4 is 11.1 Å². The second kappa shape index (κ2) is 7.09. The van der Waals surface area contributed by atoms with E-state index in [1.807, 2.05) is 0 Å². The normalized spacial score (nSPS) is 10.9. The van der Waals surface area contributed by atoms with Gasteiger partial charge in [-0.25, -0.2) is 9.67 Å². The van der Waals surface area contributed by atoms with E-state index in [9.17, 15) is 14.4 Å². The fourth-order valence-corrected chi connectivity index (χ4v) is 2.69. The monoisotopic (exact) mass is 373 g/mol. The number of fused-ring (bicyclic) bond motifs is 1. The Hall–Kier alpha value is -3.00. The van der Waals surface area contributed by atoms with Crippen LogP contribution in [0, 0.1) is 0 Å². The molecule has 0 saturated heterocycles. The second-order valence-electron chi connectivity index (χ2n) is 5.67. The quantitative estimate of drug-likeness (QED) is 0.743. The van der Waals surface area contributed by atoms with Crippen LogP contribution in [0.4, 0.5) is 0 Å². The Morgan fingerprint density at radius 1 is 1.27 bits per heavy atom. The highest BCUT2D eigenvalue weighted by atomic mass is 35.5. The average Bonchev–Trinajstić information content (AvgIpc) is 2.61. The van der Waals surface area contributed by atoms with Crippen LogP contribution in [0.5, 0.6) is 0 Å². The molecule has 134 valence electrons. The standard InChI is InChI=1S/C17H16ClN5O3/c1-3-23(17(26)12-6-7-15(24)22(2)21-12)9-14-19-13-8-10(18)4-5-11(13)16(25)20-14/h4-8H,3,9H2,1-2H3,(H,19,20,25). The van der Waals surface area contributed by atoms with Crippen molar-refractivity contribution < 1.29 is 4.79 Å². The zero-order valence-electron chi connectivity index (χ0n) is 14.2. The van der Waals surface area contributed by atoms with Gasteiger partial charge in [0.25, 0.3) is 17.0 Å². The van der Waals surface area contributed by atoms with Gasteiger partial charge in [0, 0.05) is 24.7 Å². The highest BCUT2D eigenvalue weighted by molar-refractivity contribution is 6.31. The van der Waals surface area contributed by atoms with Crippen molar-refractivity contribution in [1.29, 1.82) is 0 Å². The number of rotatable bonds is 4. The minimum absolute atomic E-state index is 0.0948. The maximum Gasteiger partial charge on any atom is 0.274 e. The number of hydrogen-bond acceptors (Lipinski definition) is 5. The molecular formula is C17H16ClN5O3. The Kier molecular flexibility index (Phi) is 4.85. The van der Waals surface area contributed by atoms with E-state index in [0.717, 1.165) is 4.68 Å². The van der Waals surface area contributed by atoms with E-state index in [2.05, 4.69) is 15.1 Å². The van der Waals surface area contributed by atoms with Gasteiger partial charge in [-0.2, -0.15) is 5.10 Å². The number of hydrogen-bond donors (Lipinski definition) is 1. The van der Waals surface area contributed by atoms with Gasteiger partial charge in [0.15, 0.2) is 0 Å². The largest absolute Gasteiger partial charge is 0.330 e. The average molecular weight is 374 g/mol. The molecule has 0 atom stereocenters. The van der Waals surface area contributed by atoms with E-state index in [1.54, 1.807) is 25.1 Å². The van der Waals surface area contributed by atoms with Crippen molar-refractivity contribution in [2.75, 3.05) is 6.54 Å². The number of nitrogens with zero attached hydrogens (tertiary/aromatic N) is 4. The highest BCUT2D eigenvalue weighted by Crippen LogP contribution is 2.15. The van der Waals surface area contributed by atoms with Crippen LogP contribution in [0.2, 0.25) is 5.02 Å². The van der Waals surface area contributed by atoms with Crippen LogP contribution in [0.15, 0.2) is 39.9 Å². The number of aromatic nitrogens is 4. The number of aromatic amines is 1. The Labute approximate surface area is 153 Å². The molecule has 0 aliphatic carbocycles. The molecule has 9 heteroatoms. The van der Waals surface area contributed by atoms with Gasteiger partial charge in [-0.3, -0.25) is 14.4 Å². The van der Waals surface area contributed by atoms with Gasteiger partial charge >= 0.3 is 0 Å². The van der Waals surface area contributed by atoms with Crippen molar-refractivity contribution in [3.05, 3.63) is 67.6 Å². The SMILES string of the molecule is CCN(Cc1nc2cc(Cl)ccc2c(=O)[nH]1)C(=O)c1ccc(=O)n(C)n1. The first-order valence-electron chi connectivity index (χ1n) is 7.91. The zero-order valence-corrected chi connectivity index (χ0v) is 14.9. The first-order chi connectivity index (χ1) is 12.4. The highest BCUT2D eigenvalue weighted by Gasteiger charge is 2.18. The minimum atomic E-state index is -0.364. The van der Waals surface area contributed by atoms with Crippen LogP contribution in [-0.4, -0.2) is 37.1 Å². The van der Waals surface area contributed by atoms with Gasteiger partial charge in [-0.1, -0.05) is 11.6 Å². The van der Waals surface area contributed by atoms with Crippen LogP contribution in [0.1, 0.15) is 23.2 Å². The summed E-state index contributed by atoms with van der Waals surface area (Å²) in [7, 11) is 1.47. The molecule has 0 spiro atoms. The third-order valence-electron chi connectivity index (χ3n) is 3.91. The van der Waals surface area contributed by atoms with Crippen molar-refractivity contribution in [3.8, 4) is 0 Å². The van der Waals surface area contributed by atoms with Crippen molar-refractivity contribution in [3.63, 3.8) is 0 Å². The van der Waals surface area contributed by atoms with E-state index >= 15 is 0 Å². The summed E-state index contributed by atoms with van der Waals surface area (Å²) >= 11 is 5.96. The summed E-state index contributed by atoms with van der Waals surface area (Å²) < 4.78 is 1.10. The predicted octanol–water partition coefficient (Wildman–Crippen LogP) is 1.33. The molecule has 0 aliphatic rings. The van der Waals surface area contributed by atoms with Crippen molar-refractivity contribution >= 4 is 28.4 Å². The molecule has 3 aromatic rings. The van der Waals surface area contributed by atoms with E-state index < -0.39 is 0 Å². The smallest absolute Gasteiger partial charge is 0.274 e. The molecule has 26 heavy (non-hydrogen) atoms. The van der Waals surface area contributed by atoms with E-state index in [1.165, 1.54) is 24.1 Å². The lowest BCUT2D eigenvalue weighted by Gasteiger charge is -2.20. The van der Waals surface area contributed by atoms with Gasteiger partial charge in [0.2, 0.25) is 0 Å². The Balaban J connectivity index is 1.93. The predicted molar refractivity (Wildman–Crippen MR) is 97.3 cm³/mol.